The third-order valence-electron chi connectivity index (χ3n) is 5.28. The van der Waals surface area contributed by atoms with Gasteiger partial charge >= 0.3 is 0 Å². The molecule has 3 rings (SSSR count). The van der Waals surface area contributed by atoms with E-state index in [0.29, 0.717) is 16.3 Å². The average Bonchev–Trinajstić information content (AvgIpc) is 2.71. The minimum atomic E-state index is -0.640. The van der Waals surface area contributed by atoms with Gasteiger partial charge in [0.15, 0.2) is 5.78 Å². The van der Waals surface area contributed by atoms with Crippen LogP contribution in [0.4, 0.5) is 4.39 Å². The number of aliphatic hydroxyl groups excluding tert-OH is 1. The van der Waals surface area contributed by atoms with Crippen molar-refractivity contribution < 1.29 is 14.3 Å². The van der Waals surface area contributed by atoms with E-state index in [1.165, 1.54) is 24.3 Å². The van der Waals surface area contributed by atoms with Crippen LogP contribution in [-0.4, -0.2) is 27.3 Å². The van der Waals surface area contributed by atoms with Crippen LogP contribution in [0.2, 0.25) is 5.02 Å². The van der Waals surface area contributed by atoms with Crippen molar-refractivity contribution >= 4 is 17.4 Å². The quantitative estimate of drug-likeness (QED) is 0.550. The molecule has 1 heterocycles. The van der Waals surface area contributed by atoms with Crippen LogP contribution in [0.15, 0.2) is 59.4 Å². The summed E-state index contributed by atoms with van der Waals surface area (Å²) in [6.45, 7) is 5.61. The predicted molar refractivity (Wildman–Crippen MR) is 119 cm³/mol. The summed E-state index contributed by atoms with van der Waals surface area (Å²) in [7, 11) is 0. The smallest absolute Gasteiger partial charge is 0.282 e. The SMILES string of the molecule is CC(C)(C)[C@@H](CO)CC(=O)c1cc(-c2ccc(Cl)cc2)nn(-c2cccc(F)c2)c1=O. The highest BCUT2D eigenvalue weighted by Gasteiger charge is 2.28. The number of carbonyl (C=O) groups excluding carboxylic acids is 1. The number of carbonyl (C=O) groups is 1. The lowest BCUT2D eigenvalue weighted by atomic mass is 9.78. The Labute approximate surface area is 185 Å². The van der Waals surface area contributed by atoms with Gasteiger partial charge in [0.25, 0.3) is 5.56 Å². The molecule has 0 amide bonds. The lowest BCUT2D eigenvalue weighted by molar-refractivity contribution is 0.0816. The predicted octanol–water partition coefficient (Wildman–Crippen LogP) is 4.92. The first-order valence-electron chi connectivity index (χ1n) is 9.90. The van der Waals surface area contributed by atoms with Gasteiger partial charge in [-0.15, -0.1) is 0 Å². The molecule has 0 aliphatic heterocycles. The largest absolute Gasteiger partial charge is 0.396 e. The Balaban J connectivity index is 2.16. The van der Waals surface area contributed by atoms with Crippen LogP contribution in [0.5, 0.6) is 0 Å². The van der Waals surface area contributed by atoms with Crippen LogP contribution in [-0.2, 0) is 0 Å². The fourth-order valence-corrected chi connectivity index (χ4v) is 3.34. The molecule has 31 heavy (non-hydrogen) atoms. The Morgan fingerprint density at radius 1 is 1.16 bits per heavy atom. The highest BCUT2D eigenvalue weighted by atomic mass is 35.5. The van der Waals surface area contributed by atoms with E-state index < -0.39 is 17.2 Å². The monoisotopic (exact) mass is 442 g/mol. The fraction of sp³-hybridized carbons (Fsp3) is 0.292. The van der Waals surface area contributed by atoms with E-state index in [1.54, 1.807) is 30.3 Å². The number of hydrogen-bond acceptors (Lipinski definition) is 4. The second kappa shape index (κ2) is 9.12. The van der Waals surface area contributed by atoms with Crippen LogP contribution in [0.3, 0.4) is 0 Å². The van der Waals surface area contributed by atoms with Crippen LogP contribution >= 0.6 is 11.6 Å². The molecule has 0 saturated heterocycles. The molecule has 1 aromatic heterocycles. The minimum Gasteiger partial charge on any atom is -0.396 e. The Morgan fingerprint density at radius 3 is 2.42 bits per heavy atom. The molecule has 0 radical (unpaired) electrons. The van der Waals surface area contributed by atoms with Gasteiger partial charge in [0, 0.05) is 23.6 Å². The van der Waals surface area contributed by atoms with Crippen molar-refractivity contribution in [1.82, 2.24) is 9.78 Å². The molecular formula is C24H24ClFN2O3. The van der Waals surface area contributed by atoms with Crippen LogP contribution < -0.4 is 5.56 Å². The zero-order valence-electron chi connectivity index (χ0n) is 17.6. The lowest BCUT2D eigenvalue weighted by Crippen LogP contribution is -2.31. The summed E-state index contributed by atoms with van der Waals surface area (Å²) in [4.78, 5) is 26.3. The number of nitrogens with zero attached hydrogens (tertiary/aromatic N) is 2. The standard InChI is InChI=1S/C24H24ClFN2O3/c1-24(2,3)16(14-29)11-22(30)20-13-21(15-7-9-17(25)10-8-15)27-28(23(20)31)19-6-4-5-18(26)12-19/h4-10,12-13,16,29H,11,14H2,1-3H3/t16-/m1/s1. The first-order chi connectivity index (χ1) is 14.6. The molecule has 0 aliphatic carbocycles. The highest BCUT2D eigenvalue weighted by molar-refractivity contribution is 6.30. The van der Waals surface area contributed by atoms with Gasteiger partial charge in [-0.3, -0.25) is 9.59 Å². The first-order valence-corrected chi connectivity index (χ1v) is 10.3. The van der Waals surface area contributed by atoms with Gasteiger partial charge in [-0.2, -0.15) is 9.78 Å². The van der Waals surface area contributed by atoms with E-state index in [9.17, 15) is 19.1 Å². The van der Waals surface area contributed by atoms with Gasteiger partial charge in [-0.05, 0) is 47.7 Å². The average molecular weight is 443 g/mol. The summed E-state index contributed by atoms with van der Waals surface area (Å²) in [5, 5.41) is 14.7. The normalized spacial score (nSPS) is 12.6. The van der Waals surface area contributed by atoms with E-state index in [-0.39, 0.29) is 35.6 Å². The maximum absolute atomic E-state index is 13.8. The molecule has 0 spiro atoms. The third-order valence-corrected chi connectivity index (χ3v) is 5.53. The van der Waals surface area contributed by atoms with Gasteiger partial charge in [-0.25, -0.2) is 4.39 Å². The molecule has 0 bridgehead atoms. The molecule has 0 fully saturated rings. The minimum absolute atomic E-state index is 0.00244. The number of rotatable bonds is 6. The van der Waals surface area contributed by atoms with Crippen LogP contribution in [0, 0.1) is 17.2 Å². The summed E-state index contributed by atoms with van der Waals surface area (Å²) in [5.41, 5.74) is 0.214. The van der Waals surface area contributed by atoms with Crippen LogP contribution in [0.25, 0.3) is 16.9 Å². The Kier molecular flexibility index (Phi) is 6.72. The first kappa shape index (κ1) is 22.8. The van der Waals surface area contributed by atoms with Crippen molar-refractivity contribution in [3.05, 3.63) is 81.4 Å². The van der Waals surface area contributed by atoms with Crippen molar-refractivity contribution in [2.45, 2.75) is 27.2 Å². The fourth-order valence-electron chi connectivity index (χ4n) is 3.22. The second-order valence-electron chi connectivity index (χ2n) is 8.52. The van der Waals surface area contributed by atoms with E-state index in [1.807, 2.05) is 20.8 Å². The maximum atomic E-state index is 13.8. The highest BCUT2D eigenvalue weighted by Crippen LogP contribution is 2.29. The molecule has 2 aromatic carbocycles. The van der Waals surface area contributed by atoms with Crippen molar-refractivity contribution in [3.63, 3.8) is 0 Å². The number of aliphatic hydroxyl groups is 1. The molecule has 1 atom stereocenters. The zero-order valence-corrected chi connectivity index (χ0v) is 18.4. The molecule has 0 aliphatic rings. The summed E-state index contributed by atoms with van der Waals surface area (Å²) in [6.07, 6.45) is 0.00244. The second-order valence-corrected chi connectivity index (χ2v) is 8.96. The molecule has 7 heteroatoms. The Hall–Kier alpha value is -2.83. The van der Waals surface area contributed by atoms with E-state index >= 15 is 0 Å². The summed E-state index contributed by atoms with van der Waals surface area (Å²) >= 11 is 5.97. The summed E-state index contributed by atoms with van der Waals surface area (Å²) in [6, 6.07) is 13.7. The van der Waals surface area contributed by atoms with Gasteiger partial charge in [0.05, 0.1) is 16.9 Å². The third kappa shape index (κ3) is 5.27. The number of aromatic nitrogens is 2. The number of Topliss-reactive ketones (excluding diaryl/α,β-unsaturated/α-hetero) is 1. The molecule has 0 saturated carbocycles. The topological polar surface area (TPSA) is 72.2 Å². The van der Waals surface area contributed by atoms with Crippen molar-refractivity contribution in [2.75, 3.05) is 6.61 Å². The Bertz CT molecular complexity index is 1150. The van der Waals surface area contributed by atoms with Gasteiger partial charge < -0.3 is 5.11 Å². The molecule has 0 unspecified atom stereocenters. The number of halogens is 2. The summed E-state index contributed by atoms with van der Waals surface area (Å²) < 4.78 is 14.8. The lowest BCUT2D eigenvalue weighted by Gasteiger charge is -2.28. The van der Waals surface area contributed by atoms with Gasteiger partial charge in [-0.1, -0.05) is 50.6 Å². The van der Waals surface area contributed by atoms with Crippen LogP contribution in [0.1, 0.15) is 37.6 Å². The molecule has 1 N–H and O–H groups in total. The number of ketones is 1. The number of benzene rings is 2. The van der Waals surface area contributed by atoms with E-state index in [4.69, 9.17) is 11.6 Å². The molecule has 3 aromatic rings. The van der Waals surface area contributed by atoms with E-state index in [2.05, 4.69) is 5.10 Å². The van der Waals surface area contributed by atoms with Gasteiger partial charge in [0.1, 0.15) is 5.82 Å². The molecule has 162 valence electrons. The van der Waals surface area contributed by atoms with Crippen molar-refractivity contribution in [2.24, 2.45) is 11.3 Å². The summed E-state index contributed by atoms with van der Waals surface area (Å²) in [5.74, 6) is -1.25. The van der Waals surface area contributed by atoms with E-state index in [0.717, 1.165) is 4.68 Å². The van der Waals surface area contributed by atoms with Gasteiger partial charge in [0.2, 0.25) is 0 Å². The Morgan fingerprint density at radius 2 is 1.84 bits per heavy atom. The molecule has 5 nitrogen and oxygen atoms in total. The number of hydrogen-bond donors (Lipinski definition) is 1. The van der Waals surface area contributed by atoms with Crippen molar-refractivity contribution in [1.29, 1.82) is 0 Å². The maximum Gasteiger partial charge on any atom is 0.282 e. The zero-order chi connectivity index (χ0) is 22.8. The molecular weight excluding hydrogens is 419 g/mol. The van der Waals surface area contributed by atoms with Crippen molar-refractivity contribution in [3.8, 4) is 16.9 Å².